The van der Waals surface area contributed by atoms with Gasteiger partial charge in [-0.25, -0.2) is 8.42 Å². The molecule has 0 saturated carbocycles. The zero-order valence-electron chi connectivity index (χ0n) is 9.90. The van der Waals surface area contributed by atoms with Gasteiger partial charge in [0.25, 0.3) is 10.0 Å². The molecule has 8 heteroatoms. The van der Waals surface area contributed by atoms with Crippen LogP contribution >= 0.6 is 43.5 Å². The Hall–Kier alpha value is -0.760. The number of nitrogens with one attached hydrogen (secondary N) is 1. The molecule has 0 atom stereocenters. The summed E-state index contributed by atoms with van der Waals surface area (Å²) in [5.74, 6) is 0. The fourth-order valence-electron chi connectivity index (χ4n) is 1.51. The number of anilines is 2. The minimum Gasteiger partial charge on any atom is -0.399 e. The van der Waals surface area contributed by atoms with Gasteiger partial charge < -0.3 is 5.73 Å². The molecule has 0 aliphatic heterocycles. The van der Waals surface area contributed by atoms with Gasteiger partial charge in [0.2, 0.25) is 0 Å². The summed E-state index contributed by atoms with van der Waals surface area (Å²) in [5.41, 5.74) is 6.36. The zero-order valence-corrected chi connectivity index (χ0v) is 14.6. The summed E-state index contributed by atoms with van der Waals surface area (Å²) in [7, 11) is -3.76. The maximum absolute atomic E-state index is 12.3. The van der Waals surface area contributed by atoms with E-state index in [9.17, 15) is 8.42 Å². The SMILES string of the molecule is Nc1ccc(S(=O)(=O)Nc2cc(Br)ccc2Cl)c(Br)c1. The molecule has 0 amide bonds. The summed E-state index contributed by atoms with van der Waals surface area (Å²) in [6.45, 7) is 0. The van der Waals surface area contributed by atoms with E-state index in [-0.39, 0.29) is 4.90 Å². The van der Waals surface area contributed by atoms with E-state index in [2.05, 4.69) is 36.6 Å². The van der Waals surface area contributed by atoms with Crippen LogP contribution < -0.4 is 10.5 Å². The molecule has 0 aromatic heterocycles. The van der Waals surface area contributed by atoms with E-state index in [1.165, 1.54) is 18.2 Å². The lowest BCUT2D eigenvalue weighted by molar-refractivity contribution is 0.601. The summed E-state index contributed by atoms with van der Waals surface area (Å²) in [4.78, 5) is 0.0859. The van der Waals surface area contributed by atoms with Crippen molar-refractivity contribution in [1.29, 1.82) is 0 Å². The van der Waals surface area contributed by atoms with Crippen LogP contribution in [0.4, 0.5) is 11.4 Å². The summed E-state index contributed by atoms with van der Waals surface area (Å²) in [6.07, 6.45) is 0. The first-order valence-corrected chi connectivity index (χ1v) is 8.77. The van der Waals surface area contributed by atoms with Gasteiger partial charge in [0.05, 0.1) is 10.7 Å². The van der Waals surface area contributed by atoms with Crippen molar-refractivity contribution < 1.29 is 8.42 Å². The Morgan fingerprint density at radius 1 is 1.10 bits per heavy atom. The molecule has 0 unspecified atom stereocenters. The summed E-state index contributed by atoms with van der Waals surface area (Å²) >= 11 is 12.4. The lowest BCUT2D eigenvalue weighted by Crippen LogP contribution is -2.14. The van der Waals surface area contributed by atoms with Crippen molar-refractivity contribution in [2.75, 3.05) is 10.5 Å². The number of sulfonamides is 1. The fraction of sp³-hybridized carbons (Fsp3) is 0. The van der Waals surface area contributed by atoms with Crippen LogP contribution in [0.2, 0.25) is 5.02 Å². The Bertz CT molecular complexity index is 766. The number of hydrogen-bond acceptors (Lipinski definition) is 3. The molecular formula is C12H9Br2ClN2O2S. The second kappa shape index (κ2) is 5.93. The van der Waals surface area contributed by atoms with Gasteiger partial charge in [-0.15, -0.1) is 0 Å². The third-order valence-corrected chi connectivity index (χ3v) is 5.58. The van der Waals surface area contributed by atoms with Crippen LogP contribution in [-0.2, 0) is 10.0 Å². The van der Waals surface area contributed by atoms with Crippen LogP contribution in [0, 0.1) is 0 Å². The second-order valence-electron chi connectivity index (χ2n) is 3.92. The third-order valence-electron chi connectivity index (χ3n) is 2.42. The van der Waals surface area contributed by atoms with Crippen LogP contribution in [-0.4, -0.2) is 8.42 Å². The normalized spacial score (nSPS) is 11.3. The van der Waals surface area contributed by atoms with E-state index < -0.39 is 10.0 Å². The first-order chi connectivity index (χ1) is 9.29. The first-order valence-electron chi connectivity index (χ1n) is 5.32. The highest BCUT2D eigenvalue weighted by Gasteiger charge is 2.19. The monoisotopic (exact) mass is 438 g/mol. The van der Waals surface area contributed by atoms with Gasteiger partial charge in [-0.3, -0.25) is 4.72 Å². The van der Waals surface area contributed by atoms with Crippen molar-refractivity contribution in [1.82, 2.24) is 0 Å². The minimum absolute atomic E-state index is 0.0859. The highest BCUT2D eigenvalue weighted by atomic mass is 79.9. The smallest absolute Gasteiger partial charge is 0.263 e. The lowest BCUT2D eigenvalue weighted by atomic mass is 10.3. The highest BCUT2D eigenvalue weighted by molar-refractivity contribution is 9.10. The number of rotatable bonds is 3. The average Bonchev–Trinajstić information content (AvgIpc) is 2.33. The predicted molar refractivity (Wildman–Crippen MR) is 88.5 cm³/mol. The molecule has 0 radical (unpaired) electrons. The van der Waals surface area contributed by atoms with Gasteiger partial charge in [-0.05, 0) is 52.3 Å². The summed E-state index contributed by atoms with van der Waals surface area (Å²) < 4.78 is 28.2. The van der Waals surface area contributed by atoms with Crippen molar-refractivity contribution in [3.63, 3.8) is 0 Å². The van der Waals surface area contributed by atoms with Crippen molar-refractivity contribution in [3.05, 3.63) is 50.4 Å². The van der Waals surface area contributed by atoms with Crippen molar-refractivity contribution >= 4 is 64.9 Å². The topological polar surface area (TPSA) is 72.2 Å². The molecule has 0 aliphatic rings. The summed E-state index contributed by atoms with van der Waals surface area (Å²) in [5, 5.41) is 0.309. The Balaban J connectivity index is 2.43. The van der Waals surface area contributed by atoms with Gasteiger partial charge in [0.1, 0.15) is 4.90 Å². The number of halogens is 3. The summed E-state index contributed by atoms with van der Waals surface area (Å²) in [6, 6.07) is 9.37. The van der Waals surface area contributed by atoms with E-state index in [0.29, 0.717) is 20.9 Å². The third kappa shape index (κ3) is 3.46. The predicted octanol–water partition coefficient (Wildman–Crippen LogP) is 4.25. The fourth-order valence-corrected chi connectivity index (χ4v) is 4.26. The standard InChI is InChI=1S/C12H9Br2ClN2O2S/c13-7-1-3-10(15)11(5-7)17-20(18,19)12-4-2-8(16)6-9(12)14/h1-6,17H,16H2. The van der Waals surface area contributed by atoms with Crippen molar-refractivity contribution in [2.24, 2.45) is 0 Å². The molecule has 2 aromatic rings. The molecule has 106 valence electrons. The van der Waals surface area contributed by atoms with E-state index in [1.807, 2.05) is 0 Å². The quantitative estimate of drug-likeness (QED) is 0.701. The molecule has 0 bridgehead atoms. The van der Waals surface area contributed by atoms with Crippen LogP contribution in [0.3, 0.4) is 0 Å². The molecule has 0 fully saturated rings. The van der Waals surface area contributed by atoms with Gasteiger partial charge in [0.15, 0.2) is 0 Å². The van der Waals surface area contributed by atoms with E-state index >= 15 is 0 Å². The number of hydrogen-bond donors (Lipinski definition) is 2. The molecule has 0 saturated heterocycles. The largest absolute Gasteiger partial charge is 0.399 e. The Morgan fingerprint density at radius 2 is 1.80 bits per heavy atom. The molecule has 2 aromatic carbocycles. The number of nitrogens with two attached hydrogens (primary N) is 1. The lowest BCUT2D eigenvalue weighted by Gasteiger charge is -2.11. The molecule has 2 rings (SSSR count). The molecule has 0 aliphatic carbocycles. The molecular weight excluding hydrogens is 431 g/mol. The van der Waals surface area contributed by atoms with Gasteiger partial charge in [-0.2, -0.15) is 0 Å². The Kier molecular flexibility index (Phi) is 4.63. The Labute approximate surface area is 138 Å². The maximum atomic E-state index is 12.3. The van der Waals surface area contributed by atoms with Gasteiger partial charge in [-0.1, -0.05) is 27.5 Å². The molecule has 20 heavy (non-hydrogen) atoms. The van der Waals surface area contributed by atoms with E-state index in [1.54, 1.807) is 18.2 Å². The van der Waals surface area contributed by atoms with Gasteiger partial charge in [0, 0.05) is 14.6 Å². The molecule has 0 spiro atoms. The van der Waals surface area contributed by atoms with Crippen LogP contribution in [0.25, 0.3) is 0 Å². The van der Waals surface area contributed by atoms with Crippen molar-refractivity contribution in [3.8, 4) is 0 Å². The van der Waals surface area contributed by atoms with Crippen LogP contribution in [0.5, 0.6) is 0 Å². The molecule has 3 N–H and O–H groups in total. The van der Waals surface area contributed by atoms with Gasteiger partial charge >= 0.3 is 0 Å². The number of benzene rings is 2. The zero-order chi connectivity index (χ0) is 14.9. The number of nitrogen functional groups attached to an aromatic ring is 1. The van der Waals surface area contributed by atoms with E-state index in [0.717, 1.165) is 4.47 Å². The second-order valence-corrected chi connectivity index (χ2v) is 7.75. The Morgan fingerprint density at radius 3 is 2.45 bits per heavy atom. The van der Waals surface area contributed by atoms with E-state index in [4.69, 9.17) is 17.3 Å². The van der Waals surface area contributed by atoms with Crippen molar-refractivity contribution in [2.45, 2.75) is 4.90 Å². The molecule has 0 heterocycles. The molecule has 4 nitrogen and oxygen atoms in total. The minimum atomic E-state index is -3.76. The first kappa shape index (κ1) is 15.6. The highest BCUT2D eigenvalue weighted by Crippen LogP contribution is 2.30. The van der Waals surface area contributed by atoms with Crippen LogP contribution in [0.15, 0.2) is 50.2 Å². The maximum Gasteiger partial charge on any atom is 0.263 e. The average molecular weight is 441 g/mol. The van der Waals surface area contributed by atoms with Crippen LogP contribution in [0.1, 0.15) is 0 Å².